The van der Waals surface area contributed by atoms with Crippen molar-refractivity contribution < 1.29 is 14.3 Å². The standard InChI is InChI=1S/C31H30ClN3O3/c1-2-37-29-19-23(20-33-34-31(36)25-11-13-27(14-12-25)35-15-5-6-16-35)18-28(32)30(29)38-21-22-9-10-24-7-3-4-8-26(24)17-22/h3-4,7-14,17-20H,2,5-6,15-16,21H2,1H3,(H,34,36)/b33-20-. The van der Waals surface area contributed by atoms with Crippen LogP contribution in [-0.4, -0.2) is 31.8 Å². The maximum atomic E-state index is 12.6. The number of carbonyl (C=O) groups is 1. The molecule has 0 spiro atoms. The first-order chi connectivity index (χ1) is 18.6. The molecule has 1 heterocycles. The third-order valence-electron chi connectivity index (χ3n) is 6.51. The molecule has 38 heavy (non-hydrogen) atoms. The summed E-state index contributed by atoms with van der Waals surface area (Å²) in [6.45, 7) is 4.83. The number of amides is 1. The van der Waals surface area contributed by atoms with Gasteiger partial charge in [0.25, 0.3) is 5.91 Å². The van der Waals surface area contributed by atoms with Gasteiger partial charge in [-0.25, -0.2) is 5.43 Å². The van der Waals surface area contributed by atoms with Gasteiger partial charge < -0.3 is 14.4 Å². The Balaban J connectivity index is 1.24. The molecule has 1 amide bonds. The third-order valence-corrected chi connectivity index (χ3v) is 6.79. The summed E-state index contributed by atoms with van der Waals surface area (Å²) in [4.78, 5) is 14.9. The molecule has 1 aliphatic rings. The molecule has 5 rings (SSSR count). The number of anilines is 1. The lowest BCUT2D eigenvalue weighted by Gasteiger charge is -2.17. The highest BCUT2D eigenvalue weighted by molar-refractivity contribution is 6.32. The van der Waals surface area contributed by atoms with E-state index in [1.807, 2.05) is 49.4 Å². The summed E-state index contributed by atoms with van der Waals surface area (Å²) in [5.74, 6) is 0.715. The smallest absolute Gasteiger partial charge is 0.271 e. The van der Waals surface area contributed by atoms with Gasteiger partial charge in [0, 0.05) is 24.3 Å². The Bertz CT molecular complexity index is 1450. The minimum atomic E-state index is -0.277. The lowest BCUT2D eigenvalue weighted by Crippen LogP contribution is -2.19. The van der Waals surface area contributed by atoms with Gasteiger partial charge in [-0.2, -0.15) is 5.10 Å². The van der Waals surface area contributed by atoms with Crippen molar-refractivity contribution in [3.05, 3.63) is 101 Å². The van der Waals surface area contributed by atoms with Crippen molar-refractivity contribution in [1.29, 1.82) is 0 Å². The Morgan fingerprint density at radius 3 is 2.50 bits per heavy atom. The lowest BCUT2D eigenvalue weighted by atomic mass is 10.1. The van der Waals surface area contributed by atoms with Crippen molar-refractivity contribution in [2.45, 2.75) is 26.4 Å². The van der Waals surface area contributed by atoms with Gasteiger partial charge in [-0.3, -0.25) is 4.79 Å². The number of benzene rings is 4. The number of hydrazone groups is 1. The van der Waals surface area contributed by atoms with E-state index in [0.29, 0.717) is 40.9 Å². The van der Waals surface area contributed by atoms with E-state index in [1.54, 1.807) is 12.1 Å². The third kappa shape index (κ3) is 6.09. The fraction of sp³-hybridized carbons (Fsp3) is 0.226. The second-order valence-corrected chi connectivity index (χ2v) is 9.58. The van der Waals surface area contributed by atoms with Crippen molar-refractivity contribution in [3.8, 4) is 11.5 Å². The number of carbonyl (C=O) groups excluding carboxylic acids is 1. The van der Waals surface area contributed by atoms with E-state index < -0.39 is 0 Å². The topological polar surface area (TPSA) is 63.2 Å². The number of hydrogen-bond acceptors (Lipinski definition) is 5. The molecule has 0 saturated carbocycles. The highest BCUT2D eigenvalue weighted by atomic mass is 35.5. The van der Waals surface area contributed by atoms with Crippen molar-refractivity contribution in [3.63, 3.8) is 0 Å². The summed E-state index contributed by atoms with van der Waals surface area (Å²) in [7, 11) is 0. The van der Waals surface area contributed by atoms with Crippen LogP contribution in [0.1, 0.15) is 41.3 Å². The van der Waals surface area contributed by atoms with E-state index in [2.05, 4.69) is 39.7 Å². The average Bonchev–Trinajstić information content (AvgIpc) is 3.48. The molecule has 4 aromatic carbocycles. The Hall–Kier alpha value is -4.03. The van der Waals surface area contributed by atoms with E-state index >= 15 is 0 Å². The number of hydrogen-bond donors (Lipinski definition) is 1. The van der Waals surface area contributed by atoms with Gasteiger partial charge in [0.2, 0.25) is 0 Å². The summed E-state index contributed by atoms with van der Waals surface area (Å²) < 4.78 is 11.9. The van der Waals surface area contributed by atoms with Crippen LogP contribution in [0, 0.1) is 0 Å². The van der Waals surface area contributed by atoms with Crippen molar-refractivity contribution in [1.82, 2.24) is 5.43 Å². The van der Waals surface area contributed by atoms with Crippen molar-refractivity contribution >= 4 is 40.2 Å². The van der Waals surface area contributed by atoms with E-state index in [1.165, 1.54) is 24.4 Å². The van der Waals surface area contributed by atoms with Crippen LogP contribution < -0.4 is 19.8 Å². The lowest BCUT2D eigenvalue weighted by molar-refractivity contribution is 0.0955. The molecule has 7 heteroatoms. The molecular weight excluding hydrogens is 498 g/mol. The van der Waals surface area contributed by atoms with Gasteiger partial charge in [0.1, 0.15) is 6.61 Å². The summed E-state index contributed by atoms with van der Waals surface area (Å²) in [5, 5.41) is 6.86. The van der Waals surface area contributed by atoms with Gasteiger partial charge >= 0.3 is 0 Å². The Morgan fingerprint density at radius 1 is 0.974 bits per heavy atom. The van der Waals surface area contributed by atoms with E-state index in [9.17, 15) is 4.79 Å². The van der Waals surface area contributed by atoms with Crippen molar-refractivity contribution in [2.75, 3.05) is 24.6 Å². The molecule has 194 valence electrons. The highest BCUT2D eigenvalue weighted by Gasteiger charge is 2.14. The number of nitrogens with one attached hydrogen (secondary N) is 1. The van der Waals surface area contributed by atoms with Crippen LogP contribution in [0.2, 0.25) is 5.02 Å². The predicted octanol–water partition coefficient (Wildman–Crippen LogP) is 6.84. The van der Waals surface area contributed by atoms with Gasteiger partial charge in [-0.1, -0.05) is 48.0 Å². The molecule has 0 aromatic heterocycles. The van der Waals surface area contributed by atoms with Crippen LogP contribution in [0.4, 0.5) is 5.69 Å². The number of nitrogens with zero attached hydrogens (tertiary/aromatic N) is 2. The average molecular weight is 528 g/mol. The monoisotopic (exact) mass is 527 g/mol. The zero-order valence-electron chi connectivity index (χ0n) is 21.3. The van der Waals surface area contributed by atoms with Crippen molar-refractivity contribution in [2.24, 2.45) is 5.10 Å². The molecule has 0 aliphatic carbocycles. The summed E-state index contributed by atoms with van der Waals surface area (Å²) >= 11 is 6.58. The van der Waals surface area contributed by atoms with Gasteiger partial charge in [0.05, 0.1) is 17.8 Å². The molecule has 4 aromatic rings. The molecule has 0 unspecified atom stereocenters. The normalized spacial score (nSPS) is 13.3. The van der Waals surface area contributed by atoms with Gasteiger partial charge in [-0.15, -0.1) is 0 Å². The second-order valence-electron chi connectivity index (χ2n) is 9.17. The first-order valence-electron chi connectivity index (χ1n) is 12.9. The molecule has 1 saturated heterocycles. The summed E-state index contributed by atoms with van der Waals surface area (Å²) in [5.41, 5.74) is 5.99. The zero-order valence-corrected chi connectivity index (χ0v) is 22.1. The molecule has 1 N–H and O–H groups in total. The van der Waals surface area contributed by atoms with Crippen LogP contribution in [0.25, 0.3) is 10.8 Å². The van der Waals surface area contributed by atoms with E-state index in [0.717, 1.165) is 29.7 Å². The fourth-order valence-electron chi connectivity index (χ4n) is 4.58. The Morgan fingerprint density at radius 2 is 1.74 bits per heavy atom. The number of ether oxygens (including phenoxy) is 2. The van der Waals surface area contributed by atoms with Crippen LogP contribution in [0.5, 0.6) is 11.5 Å². The summed E-state index contributed by atoms with van der Waals surface area (Å²) in [6, 6.07) is 25.6. The first kappa shape index (κ1) is 25.6. The molecule has 0 radical (unpaired) electrons. The molecule has 1 fully saturated rings. The van der Waals surface area contributed by atoms with Crippen LogP contribution in [-0.2, 0) is 6.61 Å². The predicted molar refractivity (Wildman–Crippen MR) is 154 cm³/mol. The first-order valence-corrected chi connectivity index (χ1v) is 13.2. The van der Waals surface area contributed by atoms with Crippen LogP contribution in [0.15, 0.2) is 84.0 Å². The SMILES string of the molecule is CCOc1cc(/C=N\NC(=O)c2ccc(N3CCCC3)cc2)cc(Cl)c1OCc1ccc2ccccc2c1. The second kappa shape index (κ2) is 12.0. The minimum Gasteiger partial charge on any atom is -0.490 e. The number of fused-ring (bicyclic) bond motifs is 1. The van der Waals surface area contributed by atoms with Crippen LogP contribution in [0.3, 0.4) is 0 Å². The molecule has 0 atom stereocenters. The highest BCUT2D eigenvalue weighted by Crippen LogP contribution is 2.37. The molecular formula is C31H30ClN3O3. The maximum absolute atomic E-state index is 12.6. The van der Waals surface area contributed by atoms with E-state index in [4.69, 9.17) is 21.1 Å². The van der Waals surface area contributed by atoms with E-state index in [-0.39, 0.29) is 5.91 Å². The molecule has 1 aliphatic heterocycles. The maximum Gasteiger partial charge on any atom is 0.271 e. The minimum absolute atomic E-state index is 0.277. The van der Waals surface area contributed by atoms with Gasteiger partial charge in [0.15, 0.2) is 11.5 Å². The Labute approximate surface area is 227 Å². The molecule has 0 bridgehead atoms. The quantitative estimate of drug-likeness (QED) is 0.191. The Kier molecular flexibility index (Phi) is 8.09. The summed E-state index contributed by atoms with van der Waals surface area (Å²) in [6.07, 6.45) is 3.96. The number of halogens is 1. The fourth-order valence-corrected chi connectivity index (χ4v) is 4.85. The number of rotatable bonds is 9. The van der Waals surface area contributed by atoms with Gasteiger partial charge in [-0.05, 0) is 84.1 Å². The van der Waals surface area contributed by atoms with Crippen LogP contribution >= 0.6 is 11.6 Å². The zero-order chi connectivity index (χ0) is 26.3. The largest absolute Gasteiger partial charge is 0.490 e. The molecule has 6 nitrogen and oxygen atoms in total.